The monoisotopic (exact) mass is 199 g/mol. The van der Waals surface area contributed by atoms with Gasteiger partial charge in [-0.2, -0.15) is 0 Å². The van der Waals surface area contributed by atoms with Crippen molar-refractivity contribution in [3.8, 4) is 0 Å². The van der Waals surface area contributed by atoms with Crippen LogP contribution in [0.3, 0.4) is 0 Å². The van der Waals surface area contributed by atoms with Crippen LogP contribution in [0.15, 0.2) is 0 Å². The smallest absolute Gasteiger partial charge is 0.303 e. The van der Waals surface area contributed by atoms with E-state index < -0.39 is 5.97 Å². The van der Waals surface area contributed by atoms with Crippen LogP contribution in [0.1, 0.15) is 45.4 Å². The number of rotatable bonds is 6. The Bertz CT molecular complexity index is 182. The molecule has 3 nitrogen and oxygen atoms in total. The van der Waals surface area contributed by atoms with E-state index in [2.05, 4.69) is 12.2 Å². The van der Waals surface area contributed by atoms with E-state index >= 15 is 0 Å². The highest BCUT2D eigenvalue weighted by atomic mass is 16.4. The van der Waals surface area contributed by atoms with E-state index in [9.17, 15) is 4.79 Å². The normalized spacial score (nSPS) is 26.6. The summed E-state index contributed by atoms with van der Waals surface area (Å²) in [6.07, 6.45) is 6.06. The topological polar surface area (TPSA) is 49.3 Å². The molecular formula is C11H21NO2. The summed E-state index contributed by atoms with van der Waals surface area (Å²) in [6.45, 7) is 3.27. The highest BCUT2D eigenvalue weighted by Gasteiger charge is 2.21. The van der Waals surface area contributed by atoms with E-state index in [4.69, 9.17) is 5.11 Å². The van der Waals surface area contributed by atoms with Gasteiger partial charge >= 0.3 is 5.97 Å². The first-order valence-electron chi connectivity index (χ1n) is 5.65. The van der Waals surface area contributed by atoms with Crippen molar-refractivity contribution in [2.24, 2.45) is 5.92 Å². The van der Waals surface area contributed by atoms with E-state index in [0.717, 1.165) is 25.3 Å². The third-order valence-corrected chi connectivity index (χ3v) is 3.09. The fourth-order valence-electron chi connectivity index (χ4n) is 2.14. The van der Waals surface area contributed by atoms with Crippen LogP contribution in [0.2, 0.25) is 0 Å². The number of aliphatic carboxylic acids is 1. The van der Waals surface area contributed by atoms with Crippen molar-refractivity contribution in [2.75, 3.05) is 6.54 Å². The number of hydrogen-bond acceptors (Lipinski definition) is 2. The van der Waals surface area contributed by atoms with Crippen molar-refractivity contribution in [2.45, 2.75) is 51.5 Å². The molecule has 1 aliphatic rings. The Morgan fingerprint density at radius 2 is 2.21 bits per heavy atom. The number of carboxylic acid groups (broad SMARTS) is 1. The number of nitrogens with one attached hydrogen (secondary N) is 1. The van der Waals surface area contributed by atoms with Gasteiger partial charge in [-0.3, -0.25) is 4.79 Å². The van der Waals surface area contributed by atoms with Crippen LogP contribution in [0, 0.1) is 5.92 Å². The summed E-state index contributed by atoms with van der Waals surface area (Å²) in [5.41, 5.74) is 0. The largest absolute Gasteiger partial charge is 0.481 e. The van der Waals surface area contributed by atoms with E-state index in [-0.39, 0.29) is 0 Å². The lowest BCUT2D eigenvalue weighted by atomic mass is 10.1. The maximum absolute atomic E-state index is 10.3. The molecule has 1 saturated carbocycles. The van der Waals surface area contributed by atoms with E-state index in [1.165, 1.54) is 19.3 Å². The van der Waals surface area contributed by atoms with Crippen molar-refractivity contribution in [1.82, 2.24) is 5.32 Å². The molecule has 0 amide bonds. The maximum Gasteiger partial charge on any atom is 0.303 e. The molecule has 82 valence electrons. The Labute approximate surface area is 85.9 Å². The molecule has 2 unspecified atom stereocenters. The van der Waals surface area contributed by atoms with Crippen molar-refractivity contribution in [3.05, 3.63) is 0 Å². The lowest BCUT2D eigenvalue weighted by molar-refractivity contribution is -0.137. The molecule has 0 radical (unpaired) electrons. The molecule has 2 atom stereocenters. The molecule has 0 aliphatic heterocycles. The zero-order valence-electron chi connectivity index (χ0n) is 8.96. The van der Waals surface area contributed by atoms with Crippen LogP contribution in [0.4, 0.5) is 0 Å². The first-order chi connectivity index (χ1) is 6.70. The van der Waals surface area contributed by atoms with Gasteiger partial charge in [-0.15, -0.1) is 0 Å². The summed E-state index contributed by atoms with van der Waals surface area (Å²) in [4.78, 5) is 10.3. The van der Waals surface area contributed by atoms with Crippen molar-refractivity contribution < 1.29 is 9.90 Å². The number of carboxylic acids is 1. The van der Waals surface area contributed by atoms with Gasteiger partial charge in [-0.05, 0) is 38.1 Å². The Kier molecular flexibility index (Phi) is 4.94. The summed E-state index contributed by atoms with van der Waals surface area (Å²) in [7, 11) is 0. The fraction of sp³-hybridized carbons (Fsp3) is 0.909. The van der Waals surface area contributed by atoms with Crippen LogP contribution < -0.4 is 5.32 Å². The minimum atomic E-state index is -0.681. The first-order valence-corrected chi connectivity index (χ1v) is 5.65. The standard InChI is InChI=1S/C11H21NO2/c1-9-5-4-6-10(9)12-8-3-2-7-11(13)14/h9-10,12H,2-8H2,1H3,(H,13,14). The quantitative estimate of drug-likeness (QED) is 0.643. The van der Waals surface area contributed by atoms with Crippen molar-refractivity contribution >= 4 is 5.97 Å². The lowest BCUT2D eigenvalue weighted by Gasteiger charge is -2.16. The molecule has 2 N–H and O–H groups in total. The minimum absolute atomic E-state index is 0.307. The van der Waals surface area contributed by atoms with Gasteiger partial charge in [-0.1, -0.05) is 13.3 Å². The third kappa shape index (κ3) is 4.09. The molecule has 1 aliphatic carbocycles. The second kappa shape index (κ2) is 6.02. The van der Waals surface area contributed by atoms with Crippen LogP contribution in [-0.2, 0) is 4.79 Å². The number of carbonyl (C=O) groups is 1. The van der Waals surface area contributed by atoms with Crippen molar-refractivity contribution in [1.29, 1.82) is 0 Å². The van der Waals surface area contributed by atoms with Gasteiger partial charge < -0.3 is 10.4 Å². The maximum atomic E-state index is 10.3. The summed E-state index contributed by atoms with van der Waals surface area (Å²) >= 11 is 0. The van der Waals surface area contributed by atoms with E-state index in [0.29, 0.717) is 12.5 Å². The highest BCUT2D eigenvalue weighted by Crippen LogP contribution is 2.24. The number of hydrogen-bond donors (Lipinski definition) is 2. The summed E-state index contributed by atoms with van der Waals surface area (Å²) in [5.74, 6) is 0.119. The van der Waals surface area contributed by atoms with Crippen LogP contribution in [0.25, 0.3) is 0 Å². The van der Waals surface area contributed by atoms with E-state index in [1.54, 1.807) is 0 Å². The molecule has 0 aromatic rings. The fourth-order valence-corrected chi connectivity index (χ4v) is 2.14. The molecule has 0 aromatic carbocycles. The molecule has 3 heteroatoms. The molecule has 0 aromatic heterocycles. The Hall–Kier alpha value is -0.570. The lowest BCUT2D eigenvalue weighted by Crippen LogP contribution is -2.31. The molecule has 1 fully saturated rings. The van der Waals surface area contributed by atoms with Gasteiger partial charge in [0.2, 0.25) is 0 Å². The van der Waals surface area contributed by atoms with Crippen LogP contribution in [-0.4, -0.2) is 23.7 Å². The Morgan fingerprint density at radius 3 is 2.79 bits per heavy atom. The van der Waals surface area contributed by atoms with Crippen LogP contribution >= 0.6 is 0 Å². The van der Waals surface area contributed by atoms with Crippen molar-refractivity contribution in [3.63, 3.8) is 0 Å². The summed E-state index contributed by atoms with van der Waals surface area (Å²) in [5, 5.41) is 12.0. The van der Waals surface area contributed by atoms with Gasteiger partial charge in [0.15, 0.2) is 0 Å². The SMILES string of the molecule is CC1CCCC1NCCCCC(=O)O. The predicted molar refractivity (Wildman–Crippen MR) is 56.3 cm³/mol. The molecule has 1 rings (SSSR count). The molecule has 0 bridgehead atoms. The number of unbranched alkanes of at least 4 members (excludes halogenated alkanes) is 1. The predicted octanol–water partition coefficient (Wildman–Crippen LogP) is 2.02. The second-order valence-corrected chi connectivity index (χ2v) is 4.32. The van der Waals surface area contributed by atoms with E-state index in [1.807, 2.05) is 0 Å². The second-order valence-electron chi connectivity index (χ2n) is 4.32. The van der Waals surface area contributed by atoms with Crippen LogP contribution in [0.5, 0.6) is 0 Å². The van der Waals surface area contributed by atoms with Gasteiger partial charge in [-0.25, -0.2) is 0 Å². The first kappa shape index (κ1) is 11.5. The molecular weight excluding hydrogens is 178 g/mol. The average molecular weight is 199 g/mol. The van der Waals surface area contributed by atoms with Gasteiger partial charge in [0.05, 0.1) is 0 Å². The van der Waals surface area contributed by atoms with Gasteiger partial charge in [0.1, 0.15) is 0 Å². The third-order valence-electron chi connectivity index (χ3n) is 3.09. The molecule has 0 spiro atoms. The van der Waals surface area contributed by atoms with Gasteiger partial charge in [0.25, 0.3) is 0 Å². The molecule has 0 saturated heterocycles. The molecule has 0 heterocycles. The highest BCUT2D eigenvalue weighted by molar-refractivity contribution is 5.66. The molecule has 14 heavy (non-hydrogen) atoms. The average Bonchev–Trinajstić information content (AvgIpc) is 2.51. The Morgan fingerprint density at radius 1 is 1.43 bits per heavy atom. The minimum Gasteiger partial charge on any atom is -0.481 e. The Balaban J connectivity index is 1.95. The zero-order chi connectivity index (χ0) is 10.4. The summed E-state index contributed by atoms with van der Waals surface area (Å²) < 4.78 is 0. The zero-order valence-corrected chi connectivity index (χ0v) is 8.96. The van der Waals surface area contributed by atoms with Gasteiger partial charge in [0, 0.05) is 12.5 Å². The summed E-state index contributed by atoms with van der Waals surface area (Å²) in [6, 6.07) is 0.680.